The lowest BCUT2D eigenvalue weighted by molar-refractivity contribution is -0.0896. The summed E-state index contributed by atoms with van der Waals surface area (Å²) in [5.74, 6) is 0.943. The number of hydrogen-bond donors (Lipinski definition) is 1. The van der Waals surface area contributed by atoms with E-state index in [9.17, 15) is 0 Å². The van der Waals surface area contributed by atoms with Gasteiger partial charge in [0.25, 0.3) is 0 Å². The van der Waals surface area contributed by atoms with Crippen LogP contribution in [0, 0.1) is 0 Å². The Morgan fingerprint density at radius 2 is 1.85 bits per heavy atom. The standard InChI is InChI=1S/C15H21N3O2/c1-6-11-17-10-7-9(8-16-12(10)18-11)13-19-14(2,3)15(4,5)20-13/h7-8,13H,6H2,1-5H3,(H,16,17,18). The second-order valence-electron chi connectivity index (χ2n) is 6.26. The Balaban J connectivity index is 1.95. The minimum Gasteiger partial charge on any atom is -0.339 e. The van der Waals surface area contributed by atoms with Crippen molar-refractivity contribution < 1.29 is 9.47 Å². The van der Waals surface area contributed by atoms with Gasteiger partial charge >= 0.3 is 0 Å². The van der Waals surface area contributed by atoms with Crippen LogP contribution in [-0.2, 0) is 15.9 Å². The van der Waals surface area contributed by atoms with Gasteiger partial charge in [0.1, 0.15) is 11.3 Å². The molecule has 1 N–H and O–H groups in total. The molecule has 2 aromatic rings. The van der Waals surface area contributed by atoms with E-state index in [4.69, 9.17) is 9.47 Å². The Morgan fingerprint density at radius 1 is 1.20 bits per heavy atom. The number of aryl methyl sites for hydroxylation is 1. The van der Waals surface area contributed by atoms with Crippen LogP contribution in [0.5, 0.6) is 0 Å². The van der Waals surface area contributed by atoms with Gasteiger partial charge in [-0.25, -0.2) is 9.97 Å². The summed E-state index contributed by atoms with van der Waals surface area (Å²) in [6.07, 6.45) is 2.27. The van der Waals surface area contributed by atoms with Gasteiger partial charge in [-0.15, -0.1) is 0 Å². The van der Waals surface area contributed by atoms with Crippen LogP contribution in [0.2, 0.25) is 0 Å². The highest BCUT2D eigenvalue weighted by Gasteiger charge is 2.49. The fraction of sp³-hybridized carbons (Fsp3) is 0.600. The first kappa shape index (κ1) is 13.5. The van der Waals surface area contributed by atoms with Crippen LogP contribution in [0.4, 0.5) is 0 Å². The second kappa shape index (κ2) is 4.27. The fourth-order valence-corrected chi connectivity index (χ4v) is 2.24. The average molecular weight is 275 g/mol. The minimum absolute atomic E-state index is 0.340. The third-order valence-electron chi connectivity index (χ3n) is 4.27. The predicted molar refractivity (Wildman–Crippen MR) is 76.3 cm³/mol. The number of aromatic nitrogens is 3. The molecule has 1 aliphatic heterocycles. The van der Waals surface area contributed by atoms with E-state index in [-0.39, 0.29) is 11.2 Å². The summed E-state index contributed by atoms with van der Waals surface area (Å²) in [5.41, 5.74) is 1.89. The molecule has 3 heterocycles. The molecule has 1 fully saturated rings. The summed E-state index contributed by atoms with van der Waals surface area (Å²) < 4.78 is 12.1. The number of H-pyrrole nitrogens is 1. The van der Waals surface area contributed by atoms with E-state index in [1.54, 1.807) is 6.20 Å². The van der Waals surface area contributed by atoms with Crippen molar-refractivity contribution in [2.45, 2.75) is 58.5 Å². The molecule has 108 valence electrons. The van der Waals surface area contributed by atoms with Crippen LogP contribution in [0.25, 0.3) is 11.2 Å². The number of fused-ring (bicyclic) bond motifs is 1. The molecule has 5 heteroatoms. The smallest absolute Gasteiger partial charge is 0.186 e. The molecule has 0 bridgehead atoms. The first-order valence-corrected chi connectivity index (χ1v) is 7.02. The number of pyridine rings is 1. The Kier molecular flexibility index (Phi) is 2.88. The molecule has 0 unspecified atom stereocenters. The molecule has 1 aliphatic rings. The van der Waals surface area contributed by atoms with Crippen LogP contribution in [0.1, 0.15) is 52.3 Å². The maximum atomic E-state index is 6.03. The zero-order valence-electron chi connectivity index (χ0n) is 12.7. The van der Waals surface area contributed by atoms with E-state index in [0.29, 0.717) is 0 Å². The lowest BCUT2D eigenvalue weighted by Crippen LogP contribution is -2.41. The van der Waals surface area contributed by atoms with Crippen LogP contribution in [0.3, 0.4) is 0 Å². The van der Waals surface area contributed by atoms with Crippen molar-refractivity contribution in [1.29, 1.82) is 0 Å². The highest BCUT2D eigenvalue weighted by Crippen LogP contribution is 2.44. The average Bonchev–Trinajstić information content (AvgIpc) is 2.87. The number of imidazole rings is 1. The van der Waals surface area contributed by atoms with Crippen LogP contribution < -0.4 is 0 Å². The van der Waals surface area contributed by atoms with Crippen LogP contribution >= 0.6 is 0 Å². The molecule has 0 amide bonds. The van der Waals surface area contributed by atoms with Gasteiger partial charge in [-0.05, 0) is 33.8 Å². The molecular weight excluding hydrogens is 254 g/mol. The molecule has 3 rings (SSSR count). The first-order valence-electron chi connectivity index (χ1n) is 7.02. The molecule has 0 aliphatic carbocycles. The van der Waals surface area contributed by atoms with E-state index < -0.39 is 6.29 Å². The molecular formula is C15H21N3O2. The second-order valence-corrected chi connectivity index (χ2v) is 6.26. The maximum absolute atomic E-state index is 6.03. The summed E-state index contributed by atoms with van der Waals surface area (Å²) >= 11 is 0. The monoisotopic (exact) mass is 275 g/mol. The summed E-state index contributed by atoms with van der Waals surface area (Å²) in [7, 11) is 0. The van der Waals surface area contributed by atoms with Gasteiger partial charge in [0.2, 0.25) is 0 Å². The van der Waals surface area contributed by atoms with Crippen molar-refractivity contribution in [3.05, 3.63) is 23.7 Å². The number of nitrogens with zero attached hydrogens (tertiary/aromatic N) is 2. The van der Waals surface area contributed by atoms with E-state index in [0.717, 1.165) is 29.0 Å². The zero-order chi connectivity index (χ0) is 14.5. The normalized spacial score (nSPS) is 21.6. The Labute approximate surface area is 118 Å². The largest absolute Gasteiger partial charge is 0.339 e. The van der Waals surface area contributed by atoms with Crippen molar-refractivity contribution in [3.63, 3.8) is 0 Å². The number of hydrogen-bond acceptors (Lipinski definition) is 4. The highest BCUT2D eigenvalue weighted by molar-refractivity contribution is 5.71. The SMILES string of the molecule is CCc1nc2cc(C3OC(C)(C)C(C)(C)O3)cnc2[nH]1. The van der Waals surface area contributed by atoms with Gasteiger partial charge in [-0.3, -0.25) is 0 Å². The Hall–Kier alpha value is -1.46. The first-order chi connectivity index (χ1) is 9.32. The molecule has 20 heavy (non-hydrogen) atoms. The van der Waals surface area contributed by atoms with Gasteiger partial charge in [-0.2, -0.15) is 0 Å². The Morgan fingerprint density at radius 3 is 2.45 bits per heavy atom. The van der Waals surface area contributed by atoms with E-state index in [1.807, 2.05) is 33.8 Å². The number of nitrogens with one attached hydrogen (secondary N) is 1. The summed E-state index contributed by atoms with van der Waals surface area (Å²) in [4.78, 5) is 12.1. The number of ether oxygens (including phenoxy) is 2. The highest BCUT2D eigenvalue weighted by atomic mass is 16.7. The quantitative estimate of drug-likeness (QED) is 0.914. The summed E-state index contributed by atoms with van der Waals surface area (Å²) in [6, 6.07) is 1.99. The molecule has 5 nitrogen and oxygen atoms in total. The van der Waals surface area contributed by atoms with Crippen molar-refractivity contribution in [1.82, 2.24) is 15.0 Å². The lowest BCUT2D eigenvalue weighted by atomic mass is 9.90. The fourth-order valence-electron chi connectivity index (χ4n) is 2.24. The Bertz CT molecular complexity index is 630. The minimum atomic E-state index is -0.390. The van der Waals surface area contributed by atoms with Gasteiger partial charge < -0.3 is 14.5 Å². The van der Waals surface area contributed by atoms with E-state index in [1.165, 1.54) is 0 Å². The van der Waals surface area contributed by atoms with Gasteiger partial charge in [0.15, 0.2) is 11.9 Å². The molecule has 2 aromatic heterocycles. The number of rotatable bonds is 2. The third kappa shape index (κ3) is 2.01. The molecule has 0 radical (unpaired) electrons. The number of aromatic amines is 1. The van der Waals surface area contributed by atoms with Crippen molar-refractivity contribution >= 4 is 11.2 Å². The molecule has 0 spiro atoms. The topological polar surface area (TPSA) is 60.0 Å². The summed E-state index contributed by atoms with van der Waals surface area (Å²) in [6.45, 7) is 10.2. The summed E-state index contributed by atoms with van der Waals surface area (Å²) in [5, 5.41) is 0. The van der Waals surface area contributed by atoms with Crippen LogP contribution in [0.15, 0.2) is 12.3 Å². The molecule has 1 saturated heterocycles. The van der Waals surface area contributed by atoms with E-state index >= 15 is 0 Å². The molecule has 0 saturated carbocycles. The molecule has 0 atom stereocenters. The van der Waals surface area contributed by atoms with Crippen molar-refractivity contribution in [3.8, 4) is 0 Å². The van der Waals surface area contributed by atoms with Crippen molar-refractivity contribution in [2.75, 3.05) is 0 Å². The predicted octanol–water partition coefficient (Wildman–Crippen LogP) is 3.12. The lowest BCUT2D eigenvalue weighted by Gasteiger charge is -2.30. The van der Waals surface area contributed by atoms with Gasteiger partial charge in [0, 0.05) is 18.2 Å². The van der Waals surface area contributed by atoms with Crippen LogP contribution in [-0.4, -0.2) is 26.2 Å². The maximum Gasteiger partial charge on any atom is 0.186 e. The third-order valence-corrected chi connectivity index (χ3v) is 4.27. The zero-order valence-corrected chi connectivity index (χ0v) is 12.7. The van der Waals surface area contributed by atoms with Gasteiger partial charge in [0.05, 0.1) is 11.2 Å². The molecule has 0 aromatic carbocycles. The van der Waals surface area contributed by atoms with E-state index in [2.05, 4.69) is 21.9 Å². The van der Waals surface area contributed by atoms with Gasteiger partial charge in [-0.1, -0.05) is 6.92 Å². The van der Waals surface area contributed by atoms with Crippen molar-refractivity contribution in [2.24, 2.45) is 0 Å².